The van der Waals surface area contributed by atoms with E-state index in [0.29, 0.717) is 0 Å². The van der Waals surface area contributed by atoms with Crippen molar-refractivity contribution < 1.29 is 0 Å². The molecule has 4 nitrogen and oxygen atoms in total. The summed E-state index contributed by atoms with van der Waals surface area (Å²) in [6.45, 7) is 3.74. The van der Waals surface area contributed by atoms with Gasteiger partial charge >= 0.3 is 0 Å². The van der Waals surface area contributed by atoms with Gasteiger partial charge < -0.3 is 5.73 Å². The molecule has 0 bridgehead atoms. The molecular weight excluding hydrogens is 188 g/mol. The Morgan fingerprint density at radius 2 is 2.33 bits per heavy atom. The van der Waals surface area contributed by atoms with Crippen LogP contribution in [0.3, 0.4) is 0 Å². The summed E-state index contributed by atoms with van der Waals surface area (Å²) in [6.07, 6.45) is 5.77. The Morgan fingerprint density at radius 3 is 3.07 bits per heavy atom. The number of hydrogen-bond acceptors (Lipinski definition) is 3. The lowest BCUT2D eigenvalue weighted by Gasteiger charge is -1.96. The predicted octanol–water partition coefficient (Wildman–Crippen LogP) is 1.17. The number of rotatable bonds is 5. The molecule has 0 fully saturated rings. The molecule has 1 aromatic rings. The number of aryl methyl sites for hydroxylation is 1. The summed E-state index contributed by atoms with van der Waals surface area (Å²) in [5.41, 5.74) is 6.30. The van der Waals surface area contributed by atoms with Crippen LogP contribution < -0.4 is 5.73 Å². The highest BCUT2D eigenvalue weighted by molar-refractivity contribution is 5.24. The molecule has 0 radical (unpaired) electrons. The average Bonchev–Trinajstić information content (AvgIpc) is 2.66. The van der Waals surface area contributed by atoms with E-state index in [4.69, 9.17) is 5.73 Å². The Morgan fingerprint density at radius 1 is 1.47 bits per heavy atom. The summed E-state index contributed by atoms with van der Waals surface area (Å²) in [5.74, 6) is 6.20. The third-order valence-corrected chi connectivity index (χ3v) is 2.03. The summed E-state index contributed by atoms with van der Waals surface area (Å²) < 4.78 is 1.84. The molecule has 82 valence electrons. The van der Waals surface area contributed by atoms with Crippen LogP contribution in [-0.4, -0.2) is 21.5 Å². The molecule has 0 unspecified atom stereocenters. The van der Waals surface area contributed by atoms with Crippen molar-refractivity contribution in [1.82, 2.24) is 15.0 Å². The number of aromatic nitrogens is 3. The molecule has 0 aromatic carbocycles. The van der Waals surface area contributed by atoms with Gasteiger partial charge in [-0.2, -0.15) is 0 Å². The fourth-order valence-corrected chi connectivity index (χ4v) is 1.24. The molecule has 1 rings (SSSR count). The number of nitrogens with two attached hydrogens (primary N) is 1. The summed E-state index contributed by atoms with van der Waals surface area (Å²) in [4.78, 5) is 0. The van der Waals surface area contributed by atoms with Crippen molar-refractivity contribution >= 4 is 0 Å². The lowest BCUT2D eigenvalue weighted by Crippen LogP contribution is -2.01. The van der Waals surface area contributed by atoms with Gasteiger partial charge in [-0.3, -0.25) is 0 Å². The number of hydrogen-bond donors (Lipinski definition) is 1. The van der Waals surface area contributed by atoms with Crippen molar-refractivity contribution in [2.45, 2.75) is 39.2 Å². The second kappa shape index (κ2) is 7.02. The standard InChI is InChI=1S/C11H18N4/c1-2-9-15-11(10-13-14-15)7-5-3-4-6-8-12/h10H,2-4,6,8-9,12H2,1H3. The Bertz CT molecular complexity index is 332. The highest BCUT2D eigenvalue weighted by atomic mass is 15.4. The smallest absolute Gasteiger partial charge is 0.131 e. The van der Waals surface area contributed by atoms with Crippen molar-refractivity contribution in [3.05, 3.63) is 11.9 Å². The Balaban J connectivity index is 2.44. The zero-order valence-electron chi connectivity index (χ0n) is 9.24. The van der Waals surface area contributed by atoms with Gasteiger partial charge in [0.25, 0.3) is 0 Å². The Kier molecular flexibility index (Phi) is 5.49. The molecule has 0 amide bonds. The van der Waals surface area contributed by atoms with Crippen molar-refractivity contribution in [3.63, 3.8) is 0 Å². The largest absolute Gasteiger partial charge is 0.330 e. The topological polar surface area (TPSA) is 56.7 Å². The highest BCUT2D eigenvalue weighted by Crippen LogP contribution is 1.97. The molecule has 0 saturated heterocycles. The third kappa shape index (κ3) is 4.13. The average molecular weight is 206 g/mol. The van der Waals surface area contributed by atoms with Crippen molar-refractivity contribution in [2.24, 2.45) is 5.73 Å². The van der Waals surface area contributed by atoms with Gasteiger partial charge in [-0.15, -0.1) is 5.10 Å². The maximum Gasteiger partial charge on any atom is 0.131 e. The number of unbranched alkanes of at least 4 members (excludes halogenated alkanes) is 2. The van der Waals surface area contributed by atoms with E-state index in [2.05, 4.69) is 29.1 Å². The zero-order chi connectivity index (χ0) is 10.9. The Labute approximate surface area is 90.9 Å². The summed E-state index contributed by atoms with van der Waals surface area (Å²) in [5, 5.41) is 7.81. The van der Waals surface area contributed by atoms with Crippen LogP contribution in [-0.2, 0) is 6.54 Å². The predicted molar refractivity (Wildman–Crippen MR) is 60.1 cm³/mol. The van der Waals surface area contributed by atoms with E-state index in [1.165, 1.54) is 0 Å². The minimum absolute atomic E-state index is 0.747. The molecule has 1 heterocycles. The number of nitrogens with zero attached hydrogens (tertiary/aromatic N) is 3. The quantitative estimate of drug-likeness (QED) is 0.581. The third-order valence-electron chi connectivity index (χ3n) is 2.03. The van der Waals surface area contributed by atoms with E-state index in [-0.39, 0.29) is 0 Å². The highest BCUT2D eigenvalue weighted by Gasteiger charge is 1.97. The molecule has 15 heavy (non-hydrogen) atoms. The lowest BCUT2D eigenvalue weighted by atomic mass is 10.2. The summed E-state index contributed by atoms with van der Waals surface area (Å²) in [7, 11) is 0. The van der Waals surface area contributed by atoms with E-state index >= 15 is 0 Å². The van der Waals surface area contributed by atoms with Crippen LogP contribution in [0.4, 0.5) is 0 Å². The van der Waals surface area contributed by atoms with Gasteiger partial charge in [-0.1, -0.05) is 18.1 Å². The minimum atomic E-state index is 0.747. The maximum absolute atomic E-state index is 5.40. The second-order valence-electron chi connectivity index (χ2n) is 3.39. The minimum Gasteiger partial charge on any atom is -0.330 e. The Hall–Kier alpha value is -1.34. The molecule has 2 N–H and O–H groups in total. The van der Waals surface area contributed by atoms with Crippen LogP contribution in [0, 0.1) is 11.8 Å². The first-order valence-electron chi connectivity index (χ1n) is 5.46. The molecule has 0 aliphatic carbocycles. The van der Waals surface area contributed by atoms with Gasteiger partial charge in [0, 0.05) is 13.0 Å². The molecule has 0 atom stereocenters. The van der Waals surface area contributed by atoms with Crippen LogP contribution in [0.1, 0.15) is 38.3 Å². The van der Waals surface area contributed by atoms with E-state index in [9.17, 15) is 0 Å². The van der Waals surface area contributed by atoms with Crippen molar-refractivity contribution in [3.8, 4) is 11.8 Å². The van der Waals surface area contributed by atoms with Gasteiger partial charge in [0.15, 0.2) is 0 Å². The van der Waals surface area contributed by atoms with Crippen molar-refractivity contribution in [2.75, 3.05) is 6.54 Å². The zero-order valence-corrected chi connectivity index (χ0v) is 9.24. The van der Waals surface area contributed by atoms with E-state index in [0.717, 1.165) is 44.5 Å². The van der Waals surface area contributed by atoms with Crippen LogP contribution in [0.25, 0.3) is 0 Å². The SMILES string of the molecule is CCCn1nncc1C#CCCCCN. The van der Waals surface area contributed by atoms with Gasteiger partial charge in [-0.05, 0) is 31.7 Å². The first-order chi connectivity index (χ1) is 7.38. The molecule has 1 aromatic heterocycles. The molecule has 4 heteroatoms. The fraction of sp³-hybridized carbons (Fsp3) is 0.636. The lowest BCUT2D eigenvalue weighted by molar-refractivity contribution is 0.574. The van der Waals surface area contributed by atoms with Crippen LogP contribution in [0.2, 0.25) is 0 Å². The summed E-state index contributed by atoms with van der Waals surface area (Å²) >= 11 is 0. The molecular formula is C11H18N4. The summed E-state index contributed by atoms with van der Waals surface area (Å²) in [6, 6.07) is 0. The monoisotopic (exact) mass is 206 g/mol. The van der Waals surface area contributed by atoms with Crippen LogP contribution in [0.15, 0.2) is 6.20 Å². The molecule has 0 aliphatic heterocycles. The van der Waals surface area contributed by atoms with Crippen molar-refractivity contribution in [1.29, 1.82) is 0 Å². The van der Waals surface area contributed by atoms with Crippen LogP contribution >= 0.6 is 0 Å². The van der Waals surface area contributed by atoms with Gasteiger partial charge in [0.05, 0.1) is 6.20 Å². The van der Waals surface area contributed by atoms with E-state index < -0.39 is 0 Å². The first kappa shape index (κ1) is 11.7. The van der Waals surface area contributed by atoms with E-state index in [1.54, 1.807) is 6.20 Å². The van der Waals surface area contributed by atoms with E-state index in [1.807, 2.05) is 4.68 Å². The van der Waals surface area contributed by atoms with Gasteiger partial charge in [-0.25, -0.2) is 4.68 Å². The first-order valence-corrected chi connectivity index (χ1v) is 5.46. The molecule has 0 saturated carbocycles. The maximum atomic E-state index is 5.40. The second-order valence-corrected chi connectivity index (χ2v) is 3.39. The normalized spacial score (nSPS) is 9.73. The van der Waals surface area contributed by atoms with Crippen LogP contribution in [0.5, 0.6) is 0 Å². The van der Waals surface area contributed by atoms with Gasteiger partial charge in [0.1, 0.15) is 5.69 Å². The molecule has 0 spiro atoms. The molecule has 0 aliphatic rings. The van der Waals surface area contributed by atoms with Gasteiger partial charge in [0.2, 0.25) is 0 Å². The fourth-order valence-electron chi connectivity index (χ4n) is 1.24.